The molecule has 0 saturated carbocycles. The predicted molar refractivity (Wildman–Crippen MR) is 99.6 cm³/mol. The molecule has 0 unspecified atom stereocenters. The second kappa shape index (κ2) is 7.06. The Hall–Kier alpha value is -2.04. The summed E-state index contributed by atoms with van der Waals surface area (Å²) in [6.07, 6.45) is 2.09. The van der Waals surface area contributed by atoms with Crippen LogP contribution < -0.4 is 4.90 Å². The van der Waals surface area contributed by atoms with Gasteiger partial charge in [-0.1, -0.05) is 12.1 Å². The molecule has 2 amide bonds. The molecule has 2 saturated heterocycles. The summed E-state index contributed by atoms with van der Waals surface area (Å²) in [5.74, 6) is -0.0515. The lowest BCUT2D eigenvalue weighted by atomic mass is 9.89. The Kier molecular flexibility index (Phi) is 5.02. The summed E-state index contributed by atoms with van der Waals surface area (Å²) in [4.78, 5) is 31.7. The molecule has 0 atom stereocenters. The molecule has 25 heavy (non-hydrogen) atoms. The highest BCUT2D eigenvalue weighted by Gasteiger charge is 2.42. The third-order valence-electron chi connectivity index (χ3n) is 5.40. The lowest BCUT2D eigenvalue weighted by Crippen LogP contribution is -2.55. The van der Waals surface area contributed by atoms with Gasteiger partial charge < -0.3 is 14.7 Å². The van der Waals surface area contributed by atoms with Gasteiger partial charge in [0, 0.05) is 45.0 Å². The number of rotatable bonds is 3. The summed E-state index contributed by atoms with van der Waals surface area (Å²) in [5.41, 5.74) is 1.49. The van der Waals surface area contributed by atoms with E-state index in [1.54, 1.807) is 13.8 Å². The standard InChI is InChI=1S/C20H29N3O2/c1-16-7-6-8-17(15-16)21-11-13-23(14-12-21)19(25)20(2,3)18(24)22-9-4-5-10-22/h6-8,15H,4-5,9-14H2,1-3H3. The Morgan fingerprint density at radius 2 is 1.44 bits per heavy atom. The van der Waals surface area contributed by atoms with Gasteiger partial charge in [0.2, 0.25) is 11.8 Å². The molecule has 0 spiro atoms. The van der Waals surface area contributed by atoms with Crippen molar-refractivity contribution in [3.8, 4) is 0 Å². The molecule has 2 aliphatic heterocycles. The molecule has 0 aromatic heterocycles. The molecule has 136 valence electrons. The minimum absolute atomic E-state index is 0.0175. The number of hydrogen-bond donors (Lipinski definition) is 0. The number of anilines is 1. The maximum absolute atomic E-state index is 13.0. The van der Waals surface area contributed by atoms with Crippen molar-refractivity contribution < 1.29 is 9.59 Å². The Morgan fingerprint density at radius 1 is 0.880 bits per heavy atom. The molecule has 2 fully saturated rings. The number of amides is 2. The van der Waals surface area contributed by atoms with Gasteiger partial charge in [-0.15, -0.1) is 0 Å². The van der Waals surface area contributed by atoms with Crippen molar-refractivity contribution in [3.05, 3.63) is 29.8 Å². The number of piperazine rings is 1. The Morgan fingerprint density at radius 3 is 2.00 bits per heavy atom. The van der Waals surface area contributed by atoms with Crippen molar-refractivity contribution in [1.29, 1.82) is 0 Å². The minimum atomic E-state index is -0.962. The normalized spacial score (nSPS) is 18.6. The van der Waals surface area contributed by atoms with Crippen LogP contribution in [0, 0.1) is 12.3 Å². The molecule has 0 aliphatic carbocycles. The number of carbonyl (C=O) groups excluding carboxylic acids is 2. The van der Waals surface area contributed by atoms with Gasteiger partial charge in [-0.05, 0) is 51.3 Å². The van der Waals surface area contributed by atoms with Crippen LogP contribution in [0.5, 0.6) is 0 Å². The second-order valence-corrected chi connectivity index (χ2v) is 7.74. The third kappa shape index (κ3) is 3.65. The van der Waals surface area contributed by atoms with Crippen LogP contribution in [0.25, 0.3) is 0 Å². The van der Waals surface area contributed by atoms with Gasteiger partial charge in [0.25, 0.3) is 0 Å². The maximum atomic E-state index is 13.0. The van der Waals surface area contributed by atoms with E-state index in [1.165, 1.54) is 11.3 Å². The van der Waals surface area contributed by atoms with Crippen LogP contribution in [0.15, 0.2) is 24.3 Å². The van der Waals surface area contributed by atoms with Gasteiger partial charge in [0.1, 0.15) is 5.41 Å². The molecular formula is C20H29N3O2. The quantitative estimate of drug-likeness (QED) is 0.791. The van der Waals surface area contributed by atoms with Crippen molar-refractivity contribution in [2.45, 2.75) is 33.6 Å². The zero-order valence-corrected chi connectivity index (χ0v) is 15.6. The highest BCUT2D eigenvalue weighted by Crippen LogP contribution is 2.26. The average Bonchev–Trinajstić information content (AvgIpc) is 3.15. The van der Waals surface area contributed by atoms with Crippen LogP contribution in [0.2, 0.25) is 0 Å². The first-order chi connectivity index (χ1) is 11.9. The third-order valence-corrected chi connectivity index (χ3v) is 5.40. The van der Waals surface area contributed by atoms with E-state index in [-0.39, 0.29) is 11.8 Å². The van der Waals surface area contributed by atoms with Crippen LogP contribution in [-0.4, -0.2) is 60.9 Å². The van der Waals surface area contributed by atoms with E-state index in [9.17, 15) is 9.59 Å². The SMILES string of the molecule is Cc1cccc(N2CCN(C(=O)C(C)(C)C(=O)N3CCCC3)CC2)c1. The summed E-state index contributed by atoms with van der Waals surface area (Å²) in [7, 11) is 0. The molecule has 0 bridgehead atoms. The summed E-state index contributed by atoms with van der Waals surface area (Å²) >= 11 is 0. The average molecular weight is 343 g/mol. The van der Waals surface area contributed by atoms with Crippen molar-refractivity contribution in [3.63, 3.8) is 0 Å². The van der Waals surface area contributed by atoms with Gasteiger partial charge in [-0.2, -0.15) is 0 Å². The summed E-state index contributed by atoms with van der Waals surface area (Å²) < 4.78 is 0. The van der Waals surface area contributed by atoms with Crippen molar-refractivity contribution in [1.82, 2.24) is 9.80 Å². The van der Waals surface area contributed by atoms with E-state index in [0.29, 0.717) is 13.1 Å². The van der Waals surface area contributed by atoms with E-state index in [4.69, 9.17) is 0 Å². The summed E-state index contributed by atoms with van der Waals surface area (Å²) in [6.45, 7) is 10.2. The predicted octanol–water partition coefficient (Wildman–Crippen LogP) is 2.29. The second-order valence-electron chi connectivity index (χ2n) is 7.74. The first kappa shape index (κ1) is 17.8. The van der Waals surface area contributed by atoms with Crippen molar-refractivity contribution in [2.24, 2.45) is 5.41 Å². The molecule has 2 heterocycles. The van der Waals surface area contributed by atoms with Crippen LogP contribution in [0.4, 0.5) is 5.69 Å². The highest BCUT2D eigenvalue weighted by atomic mass is 16.2. The topological polar surface area (TPSA) is 43.9 Å². The lowest BCUT2D eigenvalue weighted by molar-refractivity contribution is -0.153. The van der Waals surface area contributed by atoms with Crippen LogP contribution in [0.3, 0.4) is 0 Å². The number of benzene rings is 1. The number of aryl methyl sites for hydroxylation is 1. The Bertz CT molecular complexity index is 642. The van der Waals surface area contributed by atoms with Gasteiger partial charge in [-0.3, -0.25) is 9.59 Å². The zero-order valence-electron chi connectivity index (χ0n) is 15.6. The molecule has 1 aromatic rings. The number of nitrogens with zero attached hydrogens (tertiary/aromatic N) is 3. The monoisotopic (exact) mass is 343 g/mol. The summed E-state index contributed by atoms with van der Waals surface area (Å²) in [6, 6.07) is 8.46. The van der Waals surface area contributed by atoms with Crippen LogP contribution >= 0.6 is 0 Å². The van der Waals surface area contributed by atoms with E-state index in [0.717, 1.165) is 39.0 Å². The molecule has 0 radical (unpaired) electrons. The lowest BCUT2D eigenvalue weighted by Gasteiger charge is -2.40. The van der Waals surface area contributed by atoms with E-state index in [2.05, 4.69) is 36.1 Å². The van der Waals surface area contributed by atoms with Crippen LogP contribution in [-0.2, 0) is 9.59 Å². The van der Waals surface area contributed by atoms with Gasteiger partial charge in [0.15, 0.2) is 0 Å². The van der Waals surface area contributed by atoms with E-state index < -0.39 is 5.41 Å². The zero-order chi connectivity index (χ0) is 18.0. The summed E-state index contributed by atoms with van der Waals surface area (Å²) in [5, 5.41) is 0. The number of carbonyl (C=O) groups is 2. The number of hydrogen-bond acceptors (Lipinski definition) is 3. The smallest absolute Gasteiger partial charge is 0.237 e. The fourth-order valence-corrected chi connectivity index (χ4v) is 3.79. The van der Waals surface area contributed by atoms with Gasteiger partial charge in [0.05, 0.1) is 0 Å². The van der Waals surface area contributed by atoms with Gasteiger partial charge >= 0.3 is 0 Å². The number of likely N-dealkylation sites (tertiary alicyclic amines) is 1. The fourth-order valence-electron chi connectivity index (χ4n) is 3.79. The van der Waals surface area contributed by atoms with E-state index >= 15 is 0 Å². The molecule has 0 N–H and O–H groups in total. The Balaban J connectivity index is 1.61. The molecule has 1 aromatic carbocycles. The van der Waals surface area contributed by atoms with Crippen LogP contribution in [0.1, 0.15) is 32.3 Å². The first-order valence-corrected chi connectivity index (χ1v) is 9.30. The Labute approximate surface area is 150 Å². The first-order valence-electron chi connectivity index (χ1n) is 9.30. The maximum Gasteiger partial charge on any atom is 0.237 e. The molecule has 5 nitrogen and oxygen atoms in total. The fraction of sp³-hybridized carbons (Fsp3) is 0.600. The van der Waals surface area contributed by atoms with Crippen molar-refractivity contribution >= 4 is 17.5 Å². The largest absolute Gasteiger partial charge is 0.368 e. The molecular weight excluding hydrogens is 314 g/mol. The van der Waals surface area contributed by atoms with E-state index in [1.807, 2.05) is 9.80 Å². The highest BCUT2D eigenvalue weighted by molar-refractivity contribution is 6.04. The molecule has 3 rings (SSSR count). The minimum Gasteiger partial charge on any atom is -0.368 e. The molecule has 5 heteroatoms. The van der Waals surface area contributed by atoms with Crippen molar-refractivity contribution in [2.75, 3.05) is 44.2 Å². The molecule has 2 aliphatic rings. The van der Waals surface area contributed by atoms with Gasteiger partial charge in [-0.25, -0.2) is 0 Å².